The number of aryl methyl sites for hydroxylation is 1. The number of rotatable bonds is 2. The number of carbonyl (C=O) groups excluding carboxylic acids is 1. The minimum atomic E-state index is 0.238. The highest BCUT2D eigenvalue weighted by molar-refractivity contribution is 5.78. The van der Waals surface area contributed by atoms with E-state index < -0.39 is 0 Å². The highest BCUT2D eigenvalue weighted by Gasteiger charge is 2.23. The van der Waals surface area contributed by atoms with Gasteiger partial charge in [0.15, 0.2) is 0 Å². The Morgan fingerprint density at radius 2 is 1.88 bits per heavy atom. The lowest BCUT2D eigenvalue weighted by Gasteiger charge is -2.30. The number of Topliss-reactive ketones (excluding diaryl/α,β-unsaturated/α-hetero) is 1. The normalized spacial score (nSPS) is 17.5. The van der Waals surface area contributed by atoms with Crippen LogP contribution < -0.4 is 4.90 Å². The third kappa shape index (κ3) is 2.38. The van der Waals surface area contributed by atoms with Crippen molar-refractivity contribution in [2.24, 2.45) is 5.92 Å². The zero-order chi connectivity index (χ0) is 11.5. The number of piperidine rings is 1. The number of hydrogen-bond donors (Lipinski definition) is 0. The van der Waals surface area contributed by atoms with E-state index in [0.717, 1.165) is 37.4 Å². The summed E-state index contributed by atoms with van der Waals surface area (Å²) in [5.74, 6) is 1.33. The summed E-state index contributed by atoms with van der Waals surface area (Å²) in [7, 11) is 0. The Morgan fingerprint density at radius 1 is 1.31 bits per heavy atom. The molecule has 1 aliphatic rings. The number of anilines is 1. The molecule has 0 N–H and O–H groups in total. The van der Waals surface area contributed by atoms with E-state index in [9.17, 15) is 4.79 Å². The van der Waals surface area contributed by atoms with E-state index in [1.165, 1.54) is 0 Å². The quantitative estimate of drug-likeness (QED) is 0.757. The third-order valence-electron chi connectivity index (χ3n) is 3.12. The molecule has 1 saturated heterocycles. The van der Waals surface area contributed by atoms with Crippen molar-refractivity contribution in [3.8, 4) is 0 Å². The fourth-order valence-corrected chi connectivity index (χ4v) is 2.04. The molecule has 2 heterocycles. The van der Waals surface area contributed by atoms with Crippen LogP contribution in [0.15, 0.2) is 12.4 Å². The van der Waals surface area contributed by atoms with Crippen molar-refractivity contribution >= 4 is 11.7 Å². The van der Waals surface area contributed by atoms with Crippen LogP contribution in [0.1, 0.15) is 25.3 Å². The molecule has 1 fully saturated rings. The molecular formula is C12H17N3O. The maximum atomic E-state index is 11.2. The van der Waals surface area contributed by atoms with Gasteiger partial charge < -0.3 is 4.90 Å². The number of nitrogens with zero attached hydrogens (tertiary/aromatic N) is 3. The van der Waals surface area contributed by atoms with Crippen LogP contribution in [0.5, 0.6) is 0 Å². The first-order valence-corrected chi connectivity index (χ1v) is 5.71. The molecule has 1 aromatic rings. The van der Waals surface area contributed by atoms with Crippen molar-refractivity contribution in [3.63, 3.8) is 0 Å². The summed E-state index contributed by atoms with van der Waals surface area (Å²) in [5, 5.41) is 0. The molecule has 0 aromatic carbocycles. The van der Waals surface area contributed by atoms with Gasteiger partial charge in [-0.3, -0.25) is 4.79 Å². The Kier molecular flexibility index (Phi) is 3.17. The average molecular weight is 219 g/mol. The summed E-state index contributed by atoms with van der Waals surface area (Å²) in [5.41, 5.74) is 1.07. The van der Waals surface area contributed by atoms with Crippen molar-refractivity contribution in [2.45, 2.75) is 26.7 Å². The Labute approximate surface area is 95.7 Å². The van der Waals surface area contributed by atoms with Gasteiger partial charge in [0, 0.05) is 31.4 Å². The summed E-state index contributed by atoms with van der Waals surface area (Å²) < 4.78 is 0. The van der Waals surface area contributed by atoms with Crippen LogP contribution in [0.25, 0.3) is 0 Å². The largest absolute Gasteiger partial charge is 0.341 e. The predicted octanol–water partition coefficient (Wildman–Crippen LogP) is 1.59. The highest BCUT2D eigenvalue weighted by atomic mass is 16.1. The second-order valence-corrected chi connectivity index (χ2v) is 4.43. The van der Waals surface area contributed by atoms with Crippen molar-refractivity contribution in [1.29, 1.82) is 0 Å². The van der Waals surface area contributed by atoms with Crippen LogP contribution >= 0.6 is 0 Å². The average Bonchev–Trinajstić information content (AvgIpc) is 2.30. The Bertz CT molecular complexity index is 366. The van der Waals surface area contributed by atoms with Gasteiger partial charge in [-0.1, -0.05) is 0 Å². The molecule has 2 rings (SSSR count). The summed E-state index contributed by atoms with van der Waals surface area (Å²) in [6.07, 6.45) is 5.51. The minimum Gasteiger partial charge on any atom is -0.341 e. The van der Waals surface area contributed by atoms with Crippen molar-refractivity contribution in [3.05, 3.63) is 18.0 Å². The van der Waals surface area contributed by atoms with E-state index in [-0.39, 0.29) is 5.92 Å². The molecule has 0 amide bonds. The van der Waals surface area contributed by atoms with Crippen LogP contribution in [0, 0.1) is 12.8 Å². The van der Waals surface area contributed by atoms with Crippen molar-refractivity contribution < 1.29 is 4.79 Å². The van der Waals surface area contributed by atoms with Gasteiger partial charge in [-0.15, -0.1) is 0 Å². The zero-order valence-corrected chi connectivity index (χ0v) is 9.81. The molecule has 0 spiro atoms. The monoisotopic (exact) mass is 219 g/mol. The second kappa shape index (κ2) is 4.60. The van der Waals surface area contributed by atoms with Gasteiger partial charge in [0.25, 0.3) is 0 Å². The first-order chi connectivity index (χ1) is 7.66. The molecule has 0 bridgehead atoms. The van der Waals surface area contributed by atoms with E-state index in [2.05, 4.69) is 14.9 Å². The fraction of sp³-hybridized carbons (Fsp3) is 0.583. The molecule has 0 atom stereocenters. The molecular weight excluding hydrogens is 202 g/mol. The second-order valence-electron chi connectivity index (χ2n) is 4.43. The molecule has 0 aliphatic carbocycles. The predicted molar refractivity (Wildman–Crippen MR) is 62.4 cm³/mol. The lowest BCUT2D eigenvalue weighted by Crippen LogP contribution is -2.36. The molecule has 0 unspecified atom stereocenters. The summed E-state index contributed by atoms with van der Waals surface area (Å²) in [6.45, 7) is 5.43. The maximum absolute atomic E-state index is 11.2. The van der Waals surface area contributed by atoms with Gasteiger partial charge in [-0.25, -0.2) is 9.97 Å². The lowest BCUT2D eigenvalue weighted by molar-refractivity contribution is -0.121. The molecule has 0 radical (unpaired) electrons. The number of carbonyl (C=O) groups is 1. The number of hydrogen-bond acceptors (Lipinski definition) is 4. The highest BCUT2D eigenvalue weighted by Crippen LogP contribution is 2.20. The standard InChI is InChI=1S/C12H17N3O/c1-9-7-13-12(14-8-9)15-5-3-11(4-6-15)10(2)16/h7-8,11H,3-6H2,1-2H3. The first kappa shape index (κ1) is 11.0. The van der Waals surface area contributed by atoms with Gasteiger partial charge in [0.05, 0.1) is 0 Å². The molecule has 1 aliphatic heterocycles. The Hall–Kier alpha value is -1.45. The Morgan fingerprint density at radius 3 is 2.38 bits per heavy atom. The molecule has 1 aromatic heterocycles. The van der Waals surface area contributed by atoms with Crippen LogP contribution in [-0.2, 0) is 4.79 Å². The van der Waals surface area contributed by atoms with E-state index in [1.54, 1.807) is 6.92 Å². The van der Waals surface area contributed by atoms with Crippen molar-refractivity contribution in [1.82, 2.24) is 9.97 Å². The number of ketones is 1. The van der Waals surface area contributed by atoms with E-state index in [4.69, 9.17) is 0 Å². The van der Waals surface area contributed by atoms with Crippen LogP contribution in [0.3, 0.4) is 0 Å². The minimum absolute atomic E-state index is 0.238. The van der Waals surface area contributed by atoms with Gasteiger partial charge in [-0.05, 0) is 32.3 Å². The maximum Gasteiger partial charge on any atom is 0.225 e. The van der Waals surface area contributed by atoms with E-state index in [0.29, 0.717) is 5.78 Å². The van der Waals surface area contributed by atoms with Gasteiger partial charge in [-0.2, -0.15) is 0 Å². The smallest absolute Gasteiger partial charge is 0.225 e. The summed E-state index contributed by atoms with van der Waals surface area (Å²) in [6, 6.07) is 0. The summed E-state index contributed by atoms with van der Waals surface area (Å²) >= 11 is 0. The molecule has 4 nitrogen and oxygen atoms in total. The summed E-state index contributed by atoms with van der Waals surface area (Å²) in [4.78, 5) is 22.0. The molecule has 4 heteroatoms. The SMILES string of the molecule is CC(=O)C1CCN(c2ncc(C)cn2)CC1. The topological polar surface area (TPSA) is 46.1 Å². The van der Waals surface area contributed by atoms with Crippen LogP contribution in [-0.4, -0.2) is 28.8 Å². The first-order valence-electron chi connectivity index (χ1n) is 5.71. The molecule has 0 saturated carbocycles. The zero-order valence-electron chi connectivity index (χ0n) is 9.81. The van der Waals surface area contributed by atoms with Crippen molar-refractivity contribution in [2.75, 3.05) is 18.0 Å². The Balaban J connectivity index is 1.99. The van der Waals surface area contributed by atoms with Gasteiger partial charge >= 0.3 is 0 Å². The lowest BCUT2D eigenvalue weighted by atomic mass is 9.93. The van der Waals surface area contributed by atoms with E-state index in [1.807, 2.05) is 19.3 Å². The van der Waals surface area contributed by atoms with Crippen LogP contribution in [0.2, 0.25) is 0 Å². The van der Waals surface area contributed by atoms with Crippen LogP contribution in [0.4, 0.5) is 5.95 Å². The fourth-order valence-electron chi connectivity index (χ4n) is 2.04. The van der Waals surface area contributed by atoms with E-state index >= 15 is 0 Å². The van der Waals surface area contributed by atoms with Gasteiger partial charge in [0.1, 0.15) is 5.78 Å². The van der Waals surface area contributed by atoms with Gasteiger partial charge in [0.2, 0.25) is 5.95 Å². The third-order valence-corrected chi connectivity index (χ3v) is 3.12. The number of aromatic nitrogens is 2. The molecule has 86 valence electrons. The molecule has 16 heavy (non-hydrogen) atoms.